The molecular weight excluding hydrogens is 298 g/mol. The second-order valence-corrected chi connectivity index (χ2v) is 5.20. The smallest absolute Gasteiger partial charge is 0.268 e. The summed E-state index contributed by atoms with van der Waals surface area (Å²) in [7, 11) is 0. The van der Waals surface area contributed by atoms with Crippen LogP contribution in [0.4, 0.5) is 5.69 Å². The summed E-state index contributed by atoms with van der Waals surface area (Å²) in [6, 6.07) is 6.61. The lowest BCUT2D eigenvalue weighted by molar-refractivity contribution is 0.0574. The van der Waals surface area contributed by atoms with Gasteiger partial charge < -0.3 is 5.84 Å². The first-order valence-corrected chi connectivity index (χ1v) is 7.18. The fraction of sp³-hybridized carbons (Fsp3) is 0.462. The zero-order chi connectivity index (χ0) is 16.7. The highest BCUT2D eigenvalue weighted by atomic mass is 16.2. The molecule has 122 valence electrons. The number of hydrazine groups is 1. The van der Waals surface area contributed by atoms with Crippen molar-refractivity contribution in [3.8, 4) is 0 Å². The van der Waals surface area contributed by atoms with Gasteiger partial charge in [-0.25, -0.2) is 5.84 Å². The van der Waals surface area contributed by atoms with Crippen molar-refractivity contribution in [1.82, 2.24) is 9.91 Å². The largest absolute Gasteiger partial charge is 0.305 e. The van der Waals surface area contributed by atoms with Crippen molar-refractivity contribution in [2.45, 2.75) is 18.9 Å². The standard InChI is InChI=1S/C13H19N9O/c14-19-17-9-21-6-4-12(5-7-21)22(16)13(23)10-2-1-3-11(8-10)18-20-15/h1-3,8,12H,4-7,9,16H2,(H2,15,18). The van der Waals surface area contributed by atoms with E-state index < -0.39 is 0 Å². The van der Waals surface area contributed by atoms with Gasteiger partial charge in [-0.05, 0) is 36.6 Å². The first-order chi connectivity index (χ1) is 11.2. The van der Waals surface area contributed by atoms with Gasteiger partial charge >= 0.3 is 0 Å². The van der Waals surface area contributed by atoms with E-state index >= 15 is 0 Å². The monoisotopic (exact) mass is 317 g/mol. The van der Waals surface area contributed by atoms with Gasteiger partial charge in [0.25, 0.3) is 5.91 Å². The number of carbonyl (C=O) groups is 1. The van der Waals surface area contributed by atoms with Crippen molar-refractivity contribution in [3.63, 3.8) is 0 Å². The Labute approximate surface area is 133 Å². The van der Waals surface area contributed by atoms with Crippen LogP contribution in [0.5, 0.6) is 0 Å². The van der Waals surface area contributed by atoms with Gasteiger partial charge in [-0.3, -0.25) is 14.7 Å². The third-order valence-electron chi connectivity index (χ3n) is 3.78. The fourth-order valence-corrected chi connectivity index (χ4v) is 2.54. The molecule has 4 N–H and O–H groups in total. The number of nitrogens with two attached hydrogens (primary N) is 2. The van der Waals surface area contributed by atoms with Gasteiger partial charge in [0, 0.05) is 23.6 Å². The highest BCUT2D eigenvalue weighted by molar-refractivity contribution is 5.94. The number of likely N-dealkylation sites (tertiary alicyclic amines) is 1. The minimum atomic E-state index is -0.271. The zero-order valence-electron chi connectivity index (χ0n) is 12.6. The van der Waals surface area contributed by atoms with Crippen LogP contribution in [0, 0.1) is 0 Å². The summed E-state index contributed by atoms with van der Waals surface area (Å²) in [5.74, 6) is 10.7. The van der Waals surface area contributed by atoms with Gasteiger partial charge in [0.2, 0.25) is 0 Å². The zero-order valence-corrected chi connectivity index (χ0v) is 12.6. The molecule has 0 spiro atoms. The van der Waals surface area contributed by atoms with Crippen LogP contribution in [-0.4, -0.2) is 41.6 Å². The van der Waals surface area contributed by atoms with E-state index in [9.17, 15) is 4.79 Å². The minimum Gasteiger partial charge on any atom is -0.305 e. The van der Waals surface area contributed by atoms with Crippen molar-refractivity contribution in [3.05, 3.63) is 40.3 Å². The molecule has 0 radical (unpaired) electrons. The molecule has 1 heterocycles. The van der Waals surface area contributed by atoms with E-state index in [-0.39, 0.29) is 11.9 Å². The maximum Gasteiger partial charge on any atom is 0.268 e. The highest BCUT2D eigenvalue weighted by Gasteiger charge is 2.26. The summed E-state index contributed by atoms with van der Waals surface area (Å²) in [5.41, 5.74) is 9.27. The number of piperidine rings is 1. The molecule has 1 fully saturated rings. The molecule has 0 aromatic heterocycles. The Hall–Kier alpha value is -2.68. The Kier molecular flexibility index (Phi) is 5.87. The third-order valence-corrected chi connectivity index (χ3v) is 3.78. The van der Waals surface area contributed by atoms with Crippen LogP contribution in [0.15, 0.2) is 39.7 Å². The maximum absolute atomic E-state index is 12.5. The second kappa shape index (κ2) is 8.08. The van der Waals surface area contributed by atoms with Gasteiger partial charge in [0.05, 0.1) is 18.4 Å². The van der Waals surface area contributed by atoms with E-state index in [0.717, 1.165) is 25.9 Å². The molecule has 0 unspecified atom stereocenters. The number of rotatable bonds is 5. The van der Waals surface area contributed by atoms with E-state index in [0.29, 0.717) is 17.9 Å². The number of hydrogen-bond acceptors (Lipinski definition) is 6. The molecule has 1 aliphatic heterocycles. The molecule has 1 aromatic rings. The fourth-order valence-electron chi connectivity index (χ4n) is 2.54. The predicted octanol–water partition coefficient (Wildman–Crippen LogP) is 1.69. The van der Waals surface area contributed by atoms with E-state index in [1.54, 1.807) is 24.3 Å². The van der Waals surface area contributed by atoms with Crippen LogP contribution in [0.25, 0.3) is 10.4 Å². The highest BCUT2D eigenvalue weighted by Crippen LogP contribution is 2.19. The van der Waals surface area contributed by atoms with Crippen LogP contribution < -0.4 is 11.7 Å². The van der Waals surface area contributed by atoms with Crippen LogP contribution in [0.2, 0.25) is 0 Å². The molecule has 10 heteroatoms. The Balaban J connectivity index is 1.98. The van der Waals surface area contributed by atoms with E-state index in [4.69, 9.17) is 17.2 Å². The van der Waals surface area contributed by atoms with Crippen LogP contribution in [0.3, 0.4) is 0 Å². The number of amides is 1. The Morgan fingerprint density at radius 3 is 2.83 bits per heavy atom. The predicted molar refractivity (Wildman–Crippen MR) is 84.1 cm³/mol. The average molecular weight is 317 g/mol. The molecule has 10 nitrogen and oxygen atoms in total. The van der Waals surface area contributed by atoms with Crippen molar-refractivity contribution >= 4 is 11.6 Å². The molecule has 0 aliphatic carbocycles. The Morgan fingerprint density at radius 2 is 2.17 bits per heavy atom. The van der Waals surface area contributed by atoms with Crippen LogP contribution in [0.1, 0.15) is 23.2 Å². The Bertz CT molecular complexity index is 618. The SMILES string of the molecule is [N-]=[N+]=NCN1CCC(N(N)C(=O)c2cccc(N=NN)c2)CC1. The molecule has 1 aromatic carbocycles. The second-order valence-electron chi connectivity index (χ2n) is 5.20. The van der Waals surface area contributed by atoms with Gasteiger partial charge in [-0.1, -0.05) is 16.4 Å². The molecule has 1 saturated heterocycles. The maximum atomic E-state index is 12.5. The average Bonchev–Trinajstić information content (AvgIpc) is 2.59. The summed E-state index contributed by atoms with van der Waals surface area (Å²) in [6.45, 7) is 1.80. The lowest BCUT2D eigenvalue weighted by Gasteiger charge is -2.35. The van der Waals surface area contributed by atoms with E-state index in [1.165, 1.54) is 5.01 Å². The topological polar surface area (TPSA) is 149 Å². The van der Waals surface area contributed by atoms with Gasteiger partial charge in [0.1, 0.15) is 0 Å². The molecule has 1 amide bonds. The summed E-state index contributed by atoms with van der Waals surface area (Å²) in [5, 5.41) is 11.7. The summed E-state index contributed by atoms with van der Waals surface area (Å²) in [6.07, 6.45) is 1.46. The molecule has 1 aliphatic rings. The number of hydrogen-bond donors (Lipinski definition) is 2. The van der Waals surface area contributed by atoms with Gasteiger partial charge in [-0.15, -0.1) is 5.11 Å². The van der Waals surface area contributed by atoms with Crippen LogP contribution in [-0.2, 0) is 0 Å². The number of nitrogens with zero attached hydrogens (tertiary/aromatic N) is 7. The van der Waals surface area contributed by atoms with E-state index in [2.05, 4.69) is 20.4 Å². The first-order valence-electron chi connectivity index (χ1n) is 7.18. The Morgan fingerprint density at radius 1 is 1.43 bits per heavy atom. The molecule has 0 atom stereocenters. The van der Waals surface area contributed by atoms with Crippen molar-refractivity contribution in [1.29, 1.82) is 0 Å². The number of carbonyl (C=O) groups excluding carboxylic acids is 1. The van der Waals surface area contributed by atoms with Crippen molar-refractivity contribution in [2.24, 2.45) is 27.1 Å². The third kappa shape index (κ3) is 4.39. The van der Waals surface area contributed by atoms with Crippen LogP contribution >= 0.6 is 0 Å². The first kappa shape index (κ1) is 16.7. The summed E-state index contributed by atoms with van der Waals surface area (Å²) >= 11 is 0. The molecule has 23 heavy (non-hydrogen) atoms. The number of benzene rings is 1. The lowest BCUT2D eigenvalue weighted by atomic mass is 10.0. The minimum absolute atomic E-state index is 0.0513. The van der Waals surface area contributed by atoms with E-state index in [1.807, 2.05) is 4.90 Å². The quantitative estimate of drug-likeness (QED) is 0.212. The molecule has 0 bridgehead atoms. The van der Waals surface area contributed by atoms with Crippen molar-refractivity contribution in [2.75, 3.05) is 19.8 Å². The molecule has 0 saturated carbocycles. The van der Waals surface area contributed by atoms with Gasteiger partial charge in [0.15, 0.2) is 0 Å². The summed E-state index contributed by atoms with van der Waals surface area (Å²) < 4.78 is 0. The summed E-state index contributed by atoms with van der Waals surface area (Å²) in [4.78, 5) is 17.2. The normalized spacial score (nSPS) is 16.2. The number of azide groups is 1. The van der Waals surface area contributed by atoms with Crippen molar-refractivity contribution < 1.29 is 4.79 Å². The lowest BCUT2D eigenvalue weighted by Crippen LogP contribution is -2.50. The van der Waals surface area contributed by atoms with Gasteiger partial charge in [-0.2, -0.15) is 0 Å². The molecule has 2 rings (SSSR count). The molecular formula is C13H19N9O.